The second-order valence-electron chi connectivity index (χ2n) is 8.67. The zero-order valence-corrected chi connectivity index (χ0v) is 21.5. The Bertz CT molecular complexity index is 1000. The SMILES string of the molecule is C=C(O/C(C)=C(\C)CSCC(=O)NCCc1ccc(F)cc1)c1ccc(CN2CCOCC2)cc1. The highest BCUT2D eigenvalue weighted by Gasteiger charge is 2.11. The number of ether oxygens (including phenoxy) is 2. The number of rotatable bonds is 12. The van der Waals surface area contributed by atoms with Crippen LogP contribution >= 0.6 is 11.8 Å². The third-order valence-electron chi connectivity index (χ3n) is 5.86. The Morgan fingerprint density at radius 2 is 1.71 bits per heavy atom. The largest absolute Gasteiger partial charge is 0.462 e. The monoisotopic (exact) mass is 498 g/mol. The zero-order valence-electron chi connectivity index (χ0n) is 20.6. The molecule has 1 amide bonds. The molecule has 0 bridgehead atoms. The lowest BCUT2D eigenvalue weighted by atomic mass is 10.1. The molecule has 1 aliphatic heterocycles. The van der Waals surface area contributed by atoms with Crippen molar-refractivity contribution in [3.8, 4) is 0 Å². The minimum atomic E-state index is -0.252. The maximum Gasteiger partial charge on any atom is 0.230 e. The minimum absolute atomic E-state index is 0.00920. The molecule has 1 fully saturated rings. The summed E-state index contributed by atoms with van der Waals surface area (Å²) in [5.41, 5.74) is 4.28. The quantitative estimate of drug-likeness (QED) is 0.416. The second kappa shape index (κ2) is 14.1. The molecule has 0 spiro atoms. The molecule has 0 radical (unpaired) electrons. The van der Waals surface area contributed by atoms with Crippen molar-refractivity contribution in [2.75, 3.05) is 44.4 Å². The number of carbonyl (C=O) groups excluding carboxylic acids is 1. The number of hydrogen-bond donors (Lipinski definition) is 1. The molecule has 1 N–H and O–H groups in total. The summed E-state index contributed by atoms with van der Waals surface area (Å²) < 4.78 is 24.3. The lowest BCUT2D eigenvalue weighted by Crippen LogP contribution is -2.35. The molecule has 1 heterocycles. The molecule has 35 heavy (non-hydrogen) atoms. The highest BCUT2D eigenvalue weighted by atomic mass is 32.2. The molecule has 3 rings (SSSR count). The summed E-state index contributed by atoms with van der Waals surface area (Å²) in [6.07, 6.45) is 0.679. The van der Waals surface area contributed by atoms with Gasteiger partial charge >= 0.3 is 0 Å². The Kier molecular flexibility index (Phi) is 10.8. The Morgan fingerprint density at radius 1 is 1.06 bits per heavy atom. The number of halogens is 1. The fourth-order valence-electron chi connectivity index (χ4n) is 3.59. The van der Waals surface area contributed by atoms with E-state index in [0.717, 1.165) is 55.3 Å². The maximum atomic E-state index is 12.9. The number of nitrogens with zero attached hydrogens (tertiary/aromatic N) is 1. The summed E-state index contributed by atoms with van der Waals surface area (Å²) in [4.78, 5) is 14.5. The van der Waals surface area contributed by atoms with Crippen LogP contribution < -0.4 is 5.32 Å². The molecule has 5 nitrogen and oxygen atoms in total. The first-order chi connectivity index (χ1) is 16.9. The van der Waals surface area contributed by atoms with Crippen molar-refractivity contribution < 1.29 is 18.7 Å². The fourth-order valence-corrected chi connectivity index (χ4v) is 4.49. The van der Waals surface area contributed by atoms with E-state index in [-0.39, 0.29) is 11.7 Å². The first kappa shape index (κ1) is 27.0. The van der Waals surface area contributed by atoms with E-state index in [4.69, 9.17) is 9.47 Å². The summed E-state index contributed by atoms with van der Waals surface area (Å²) in [6, 6.07) is 14.7. The van der Waals surface area contributed by atoms with Crippen molar-refractivity contribution >= 4 is 23.4 Å². The van der Waals surface area contributed by atoms with Gasteiger partial charge in [-0.2, -0.15) is 0 Å². The Balaban J connectivity index is 1.36. The molecule has 0 aliphatic carbocycles. The number of carbonyl (C=O) groups is 1. The van der Waals surface area contributed by atoms with Gasteiger partial charge in [0, 0.05) is 37.5 Å². The highest BCUT2D eigenvalue weighted by molar-refractivity contribution is 8.00. The van der Waals surface area contributed by atoms with E-state index in [9.17, 15) is 9.18 Å². The van der Waals surface area contributed by atoms with Crippen LogP contribution in [-0.4, -0.2) is 55.2 Å². The second-order valence-corrected chi connectivity index (χ2v) is 9.65. The molecule has 2 aromatic carbocycles. The van der Waals surface area contributed by atoms with Crippen LogP contribution in [0, 0.1) is 5.82 Å². The summed E-state index contributed by atoms with van der Waals surface area (Å²) in [6.45, 7) is 13.0. The number of hydrogen-bond acceptors (Lipinski definition) is 5. The third-order valence-corrected chi connectivity index (χ3v) is 6.97. The number of nitrogens with one attached hydrogen (secondary N) is 1. The summed E-state index contributed by atoms with van der Waals surface area (Å²) in [7, 11) is 0. The minimum Gasteiger partial charge on any atom is -0.462 e. The Morgan fingerprint density at radius 3 is 2.40 bits per heavy atom. The number of amides is 1. The third kappa shape index (κ3) is 9.51. The van der Waals surface area contributed by atoms with E-state index in [1.165, 1.54) is 17.7 Å². The van der Waals surface area contributed by atoms with Gasteiger partial charge in [0.1, 0.15) is 17.3 Å². The maximum absolute atomic E-state index is 12.9. The van der Waals surface area contributed by atoms with Crippen molar-refractivity contribution in [3.05, 3.63) is 88.9 Å². The van der Waals surface area contributed by atoms with Gasteiger partial charge in [-0.3, -0.25) is 9.69 Å². The molecule has 0 saturated carbocycles. The van der Waals surface area contributed by atoms with Crippen LogP contribution in [0.2, 0.25) is 0 Å². The zero-order chi connectivity index (χ0) is 25.0. The van der Waals surface area contributed by atoms with Crippen molar-refractivity contribution in [2.45, 2.75) is 26.8 Å². The van der Waals surface area contributed by atoms with Crippen LogP contribution in [0.3, 0.4) is 0 Å². The Labute approximate surface area is 212 Å². The average molecular weight is 499 g/mol. The lowest BCUT2D eigenvalue weighted by Gasteiger charge is -2.26. The molecule has 0 unspecified atom stereocenters. The number of thioether (sulfide) groups is 1. The predicted octanol–water partition coefficient (Wildman–Crippen LogP) is 5.03. The normalized spacial score (nSPS) is 14.8. The van der Waals surface area contributed by atoms with Crippen molar-refractivity contribution in [1.82, 2.24) is 10.2 Å². The van der Waals surface area contributed by atoms with Crippen molar-refractivity contribution in [1.29, 1.82) is 0 Å². The number of benzene rings is 2. The smallest absolute Gasteiger partial charge is 0.230 e. The van der Waals surface area contributed by atoms with Gasteiger partial charge in [-0.15, -0.1) is 11.8 Å². The van der Waals surface area contributed by atoms with Gasteiger partial charge in [0.15, 0.2) is 0 Å². The molecule has 1 aliphatic rings. The standard InChI is InChI=1S/C28H35FN2O3S/c1-21(19-35-20-28(32)30-13-12-24-6-10-27(29)11-7-24)22(2)34-23(3)26-8-4-25(5-9-26)18-31-14-16-33-17-15-31/h4-11H,3,12-20H2,1-2H3,(H,30,32)/b22-21+. The van der Waals surface area contributed by atoms with Gasteiger partial charge in [0.2, 0.25) is 5.91 Å². The molecule has 188 valence electrons. The van der Waals surface area contributed by atoms with E-state index in [2.05, 4.69) is 28.9 Å². The molecular weight excluding hydrogens is 463 g/mol. The van der Waals surface area contributed by atoms with Gasteiger partial charge in [-0.05, 0) is 49.1 Å². The van der Waals surface area contributed by atoms with Crippen LogP contribution in [0.15, 0.2) is 66.4 Å². The number of morpholine rings is 1. The van der Waals surface area contributed by atoms with Crippen molar-refractivity contribution in [3.63, 3.8) is 0 Å². The van der Waals surface area contributed by atoms with Crippen LogP contribution in [0.5, 0.6) is 0 Å². The summed E-state index contributed by atoms with van der Waals surface area (Å²) in [5.74, 6) is 2.23. The van der Waals surface area contributed by atoms with E-state index in [0.29, 0.717) is 30.2 Å². The van der Waals surface area contributed by atoms with Gasteiger partial charge in [0.05, 0.1) is 19.0 Å². The molecule has 7 heteroatoms. The summed E-state index contributed by atoms with van der Waals surface area (Å²) >= 11 is 1.54. The van der Waals surface area contributed by atoms with Crippen LogP contribution in [0.25, 0.3) is 5.76 Å². The Hall–Kier alpha value is -2.61. The van der Waals surface area contributed by atoms with Gasteiger partial charge in [-0.1, -0.05) is 43.0 Å². The summed E-state index contributed by atoms with van der Waals surface area (Å²) in [5, 5.41) is 2.91. The first-order valence-electron chi connectivity index (χ1n) is 11.9. The van der Waals surface area contributed by atoms with Crippen LogP contribution in [0.1, 0.15) is 30.5 Å². The highest BCUT2D eigenvalue weighted by Crippen LogP contribution is 2.22. The molecule has 1 saturated heterocycles. The van der Waals surface area contributed by atoms with E-state index >= 15 is 0 Å². The molecule has 0 aromatic heterocycles. The van der Waals surface area contributed by atoms with Gasteiger partial charge < -0.3 is 14.8 Å². The van der Waals surface area contributed by atoms with E-state index in [1.807, 2.05) is 26.0 Å². The van der Waals surface area contributed by atoms with Gasteiger partial charge in [0.25, 0.3) is 0 Å². The van der Waals surface area contributed by atoms with E-state index in [1.54, 1.807) is 23.9 Å². The molecule has 2 aromatic rings. The van der Waals surface area contributed by atoms with Crippen molar-refractivity contribution in [2.24, 2.45) is 0 Å². The van der Waals surface area contributed by atoms with Crippen LogP contribution in [0.4, 0.5) is 4.39 Å². The lowest BCUT2D eigenvalue weighted by molar-refractivity contribution is -0.118. The molecule has 0 atom stereocenters. The predicted molar refractivity (Wildman–Crippen MR) is 141 cm³/mol. The first-order valence-corrected chi connectivity index (χ1v) is 13.1. The number of allylic oxidation sites excluding steroid dienone is 1. The molecular formula is C28H35FN2O3S. The fraction of sp³-hybridized carbons (Fsp3) is 0.393. The van der Waals surface area contributed by atoms with Crippen LogP contribution in [-0.2, 0) is 27.2 Å². The van der Waals surface area contributed by atoms with Gasteiger partial charge in [-0.25, -0.2) is 4.39 Å². The van der Waals surface area contributed by atoms with E-state index < -0.39 is 0 Å². The topological polar surface area (TPSA) is 50.8 Å². The average Bonchev–Trinajstić information content (AvgIpc) is 2.86.